The van der Waals surface area contributed by atoms with Crippen LogP contribution >= 0.6 is 0 Å². The molecule has 0 bridgehead atoms. The van der Waals surface area contributed by atoms with Gasteiger partial charge in [0.2, 0.25) is 15.9 Å². The minimum Gasteiger partial charge on any atom is -0.338 e. The number of nitrogens with zero attached hydrogens (tertiary/aromatic N) is 1. The van der Waals surface area contributed by atoms with Crippen molar-refractivity contribution in [1.82, 2.24) is 9.62 Å². The Hall–Kier alpha value is -2.18. The number of carbonyl (C=O) groups excluding carboxylic acids is 1. The molecule has 6 heteroatoms. The summed E-state index contributed by atoms with van der Waals surface area (Å²) in [5.74, 6) is -0.0423. The first-order chi connectivity index (χ1) is 13.7. The van der Waals surface area contributed by atoms with E-state index < -0.39 is 10.0 Å². The molecule has 1 amide bonds. The van der Waals surface area contributed by atoms with Crippen molar-refractivity contribution in [3.8, 4) is 11.1 Å². The van der Waals surface area contributed by atoms with Crippen molar-refractivity contribution in [2.45, 2.75) is 45.2 Å². The lowest BCUT2D eigenvalue weighted by atomic mass is 9.89. The molecule has 2 aromatic carbocycles. The molecule has 0 radical (unpaired) electrons. The van der Waals surface area contributed by atoms with E-state index >= 15 is 0 Å². The quantitative estimate of drug-likeness (QED) is 0.787. The predicted molar refractivity (Wildman–Crippen MR) is 117 cm³/mol. The Morgan fingerprint density at radius 2 is 1.79 bits per heavy atom. The second-order valence-electron chi connectivity index (χ2n) is 8.16. The molecule has 156 valence electrons. The molecular weight excluding hydrogens is 384 g/mol. The molecule has 0 unspecified atom stereocenters. The van der Waals surface area contributed by atoms with E-state index in [-0.39, 0.29) is 23.9 Å². The van der Waals surface area contributed by atoms with Gasteiger partial charge in [-0.25, -0.2) is 13.1 Å². The summed E-state index contributed by atoms with van der Waals surface area (Å²) in [6.45, 7) is 4.45. The summed E-state index contributed by atoms with van der Waals surface area (Å²) < 4.78 is 26.6. The highest BCUT2D eigenvalue weighted by Gasteiger charge is 2.36. The van der Waals surface area contributed by atoms with Crippen LogP contribution in [0.3, 0.4) is 0 Å². The average molecular weight is 415 g/mol. The van der Waals surface area contributed by atoms with Gasteiger partial charge in [0.05, 0.1) is 12.3 Å². The van der Waals surface area contributed by atoms with Crippen LogP contribution in [0.25, 0.3) is 11.1 Å². The number of carbonyl (C=O) groups is 1. The highest BCUT2D eigenvalue weighted by Crippen LogP contribution is 2.26. The molecule has 0 spiro atoms. The number of amides is 1. The first-order valence-corrected chi connectivity index (χ1v) is 12.1. The van der Waals surface area contributed by atoms with Gasteiger partial charge in [-0.05, 0) is 36.0 Å². The Balaban J connectivity index is 1.91. The van der Waals surface area contributed by atoms with E-state index in [0.717, 1.165) is 29.5 Å². The van der Waals surface area contributed by atoms with Gasteiger partial charge in [-0.3, -0.25) is 4.79 Å². The van der Waals surface area contributed by atoms with E-state index in [0.29, 0.717) is 13.0 Å². The molecule has 2 atom stereocenters. The van der Waals surface area contributed by atoms with Crippen LogP contribution in [0.5, 0.6) is 0 Å². The van der Waals surface area contributed by atoms with Gasteiger partial charge in [-0.15, -0.1) is 0 Å². The van der Waals surface area contributed by atoms with Crippen molar-refractivity contribution in [1.29, 1.82) is 0 Å². The van der Waals surface area contributed by atoms with Crippen LogP contribution in [0.15, 0.2) is 54.6 Å². The van der Waals surface area contributed by atoms with E-state index in [2.05, 4.69) is 35.1 Å². The fourth-order valence-corrected chi connectivity index (χ4v) is 4.90. The van der Waals surface area contributed by atoms with Crippen molar-refractivity contribution in [2.75, 3.05) is 12.8 Å². The van der Waals surface area contributed by atoms with Gasteiger partial charge in [0.15, 0.2) is 0 Å². The molecule has 5 nitrogen and oxygen atoms in total. The van der Waals surface area contributed by atoms with Gasteiger partial charge < -0.3 is 4.90 Å². The average Bonchev–Trinajstić information content (AvgIpc) is 2.68. The zero-order valence-corrected chi connectivity index (χ0v) is 18.2. The van der Waals surface area contributed by atoms with Gasteiger partial charge >= 0.3 is 0 Å². The molecule has 3 rings (SSSR count). The highest BCUT2D eigenvalue weighted by atomic mass is 32.2. The zero-order valence-electron chi connectivity index (χ0n) is 17.3. The van der Waals surface area contributed by atoms with Crippen molar-refractivity contribution >= 4 is 15.9 Å². The number of likely N-dealkylation sites (tertiary alicyclic amines) is 1. The number of rotatable bonds is 6. The number of nitrogens with one attached hydrogen (secondary N) is 1. The van der Waals surface area contributed by atoms with E-state index in [1.54, 1.807) is 0 Å². The van der Waals surface area contributed by atoms with Crippen LogP contribution in [0, 0.1) is 5.92 Å². The molecule has 1 heterocycles. The normalized spacial score (nSPS) is 20.1. The van der Waals surface area contributed by atoms with Crippen LogP contribution in [0.2, 0.25) is 0 Å². The molecule has 0 saturated carbocycles. The third-order valence-corrected chi connectivity index (χ3v) is 6.13. The van der Waals surface area contributed by atoms with Gasteiger partial charge in [0, 0.05) is 18.5 Å². The first-order valence-electron chi connectivity index (χ1n) is 10.2. The van der Waals surface area contributed by atoms with E-state index in [9.17, 15) is 13.2 Å². The Morgan fingerprint density at radius 3 is 2.45 bits per heavy atom. The summed E-state index contributed by atoms with van der Waals surface area (Å²) in [6, 6.07) is 18.0. The molecule has 1 saturated heterocycles. The van der Waals surface area contributed by atoms with Crippen molar-refractivity contribution in [3.05, 3.63) is 60.2 Å². The minimum absolute atomic E-state index is 0.0780. The van der Waals surface area contributed by atoms with E-state index in [1.165, 1.54) is 6.26 Å². The third kappa shape index (κ3) is 5.67. The molecule has 1 aliphatic heterocycles. The molecular formula is C23H30N2O3S. The predicted octanol–water partition coefficient (Wildman–Crippen LogP) is 3.46. The first kappa shape index (κ1) is 21.5. The molecule has 0 aromatic heterocycles. The Morgan fingerprint density at radius 1 is 1.10 bits per heavy atom. The summed E-state index contributed by atoms with van der Waals surface area (Å²) in [4.78, 5) is 14.7. The molecule has 2 aromatic rings. The standard InChI is InChI=1S/C23H30N2O3S/c1-17(2)23(26)25-14-8-13-21(24-29(3,27)28)22(25)16-18-9-7-12-20(15-18)19-10-5-4-6-11-19/h4-7,9-12,15,17,21-22,24H,8,13-14,16H2,1-3H3/t21-,22-/m1/s1. The molecule has 1 N–H and O–H groups in total. The SMILES string of the molecule is CC(C)C(=O)N1CCC[C@@H](NS(C)(=O)=O)[C@H]1Cc1cccc(-c2ccccc2)c1. The third-order valence-electron chi connectivity index (χ3n) is 5.40. The molecule has 0 aliphatic carbocycles. The minimum atomic E-state index is -3.36. The Labute approximate surface area is 174 Å². The fourth-order valence-electron chi connectivity index (χ4n) is 4.08. The molecule has 1 aliphatic rings. The Kier molecular flexibility index (Phi) is 6.75. The van der Waals surface area contributed by atoms with Crippen LogP contribution in [-0.4, -0.2) is 44.1 Å². The maximum atomic E-state index is 12.8. The summed E-state index contributed by atoms with van der Waals surface area (Å²) in [6.07, 6.45) is 3.33. The van der Waals surface area contributed by atoms with Gasteiger partial charge in [0.25, 0.3) is 0 Å². The summed E-state index contributed by atoms with van der Waals surface area (Å²) in [7, 11) is -3.36. The second-order valence-corrected chi connectivity index (χ2v) is 9.94. The largest absolute Gasteiger partial charge is 0.338 e. The smallest absolute Gasteiger partial charge is 0.225 e. The zero-order chi connectivity index (χ0) is 21.0. The second kappa shape index (κ2) is 9.09. The van der Waals surface area contributed by atoms with Crippen LogP contribution in [0.4, 0.5) is 0 Å². The topological polar surface area (TPSA) is 66.5 Å². The summed E-state index contributed by atoms with van der Waals surface area (Å²) in [5, 5.41) is 0. The number of sulfonamides is 1. The lowest BCUT2D eigenvalue weighted by Gasteiger charge is -2.42. The fraction of sp³-hybridized carbons (Fsp3) is 0.435. The lowest BCUT2D eigenvalue weighted by molar-refractivity contribution is -0.138. The van der Waals surface area contributed by atoms with Gasteiger partial charge in [-0.1, -0.05) is 68.4 Å². The lowest BCUT2D eigenvalue weighted by Crippen LogP contribution is -2.58. The van der Waals surface area contributed by atoms with Crippen LogP contribution in [0.1, 0.15) is 32.3 Å². The maximum absolute atomic E-state index is 12.8. The van der Waals surface area contributed by atoms with Crippen LogP contribution in [-0.2, 0) is 21.2 Å². The van der Waals surface area contributed by atoms with Gasteiger partial charge in [-0.2, -0.15) is 0 Å². The van der Waals surface area contributed by atoms with Crippen molar-refractivity contribution < 1.29 is 13.2 Å². The maximum Gasteiger partial charge on any atom is 0.225 e. The van der Waals surface area contributed by atoms with Crippen molar-refractivity contribution in [3.63, 3.8) is 0 Å². The number of piperidine rings is 1. The molecule has 1 fully saturated rings. The van der Waals surface area contributed by atoms with E-state index in [1.807, 2.05) is 43.0 Å². The van der Waals surface area contributed by atoms with Crippen LogP contribution < -0.4 is 4.72 Å². The number of hydrogen-bond donors (Lipinski definition) is 1. The summed E-state index contributed by atoms with van der Waals surface area (Å²) >= 11 is 0. The summed E-state index contributed by atoms with van der Waals surface area (Å²) in [5.41, 5.74) is 3.35. The van der Waals surface area contributed by atoms with Gasteiger partial charge in [0.1, 0.15) is 0 Å². The highest BCUT2D eigenvalue weighted by molar-refractivity contribution is 7.88. The Bertz CT molecular complexity index is 942. The van der Waals surface area contributed by atoms with E-state index in [4.69, 9.17) is 0 Å². The monoisotopic (exact) mass is 414 g/mol. The molecule has 29 heavy (non-hydrogen) atoms. The van der Waals surface area contributed by atoms with Crippen molar-refractivity contribution in [2.24, 2.45) is 5.92 Å². The number of hydrogen-bond acceptors (Lipinski definition) is 3. The number of benzene rings is 2.